The molecule has 130 valence electrons. The molecule has 1 aromatic carbocycles. The Hall–Kier alpha value is -1.99. The summed E-state index contributed by atoms with van der Waals surface area (Å²) in [4.78, 5) is 11.5. The van der Waals surface area contributed by atoms with Crippen LogP contribution in [0.3, 0.4) is 0 Å². The zero-order chi connectivity index (χ0) is 17.6. The van der Waals surface area contributed by atoms with Crippen LogP contribution in [0.5, 0.6) is 11.5 Å². The van der Waals surface area contributed by atoms with E-state index in [9.17, 15) is 20.1 Å². The maximum Gasteiger partial charge on any atom is 0.407 e. The molecule has 0 heterocycles. The highest BCUT2D eigenvalue weighted by Gasteiger charge is 2.16. The van der Waals surface area contributed by atoms with Crippen LogP contribution in [0.4, 0.5) is 4.79 Å². The first-order valence-electron chi connectivity index (χ1n) is 7.36. The van der Waals surface area contributed by atoms with Crippen LogP contribution >= 0.6 is 0 Å². The summed E-state index contributed by atoms with van der Waals surface area (Å²) in [6.07, 6.45) is -0.859. The number of aliphatic hydroxyl groups is 1. The first-order valence-corrected chi connectivity index (χ1v) is 7.36. The van der Waals surface area contributed by atoms with Gasteiger partial charge in [-0.25, -0.2) is 4.79 Å². The quantitative estimate of drug-likeness (QED) is 0.471. The summed E-state index contributed by atoms with van der Waals surface area (Å²) < 4.78 is 9.82. The summed E-state index contributed by atoms with van der Waals surface area (Å²) >= 11 is 0. The predicted octanol–water partition coefficient (Wildman–Crippen LogP) is 2.19. The third-order valence-corrected chi connectivity index (χ3v) is 3.01. The van der Waals surface area contributed by atoms with Gasteiger partial charge in [0.2, 0.25) is 0 Å². The molecule has 0 aliphatic rings. The number of methoxy groups -OCH3 is 1. The van der Waals surface area contributed by atoms with Gasteiger partial charge in [-0.3, -0.25) is 0 Å². The smallest absolute Gasteiger partial charge is 0.407 e. The molecule has 0 spiro atoms. The largest absolute Gasteiger partial charge is 0.508 e. The minimum atomic E-state index is -1.21. The van der Waals surface area contributed by atoms with Crippen molar-refractivity contribution in [3.8, 4) is 11.5 Å². The number of carbonyl (C=O) groups excluding carboxylic acids is 1. The second-order valence-corrected chi connectivity index (χ2v) is 6.16. The minimum absolute atomic E-state index is 0.131. The molecule has 7 heteroatoms. The number of hydrogen-bond donors (Lipinski definition) is 4. The number of hydrogen-bond acceptors (Lipinski definition) is 6. The molecule has 0 aliphatic heterocycles. The van der Waals surface area contributed by atoms with Gasteiger partial charge in [0.05, 0.1) is 0 Å². The normalized spacial score (nSPS) is 12.7. The SMILES string of the molecule is COC(O)c1cc(O)c(CCCNC(=O)OC(C)(C)C)c(O)c1. The molecule has 1 amide bonds. The van der Waals surface area contributed by atoms with E-state index in [0.717, 1.165) is 0 Å². The molecule has 1 rings (SSSR count). The van der Waals surface area contributed by atoms with Gasteiger partial charge >= 0.3 is 6.09 Å². The van der Waals surface area contributed by atoms with E-state index in [-0.39, 0.29) is 17.1 Å². The average molecular weight is 327 g/mol. The van der Waals surface area contributed by atoms with Crippen molar-refractivity contribution in [2.24, 2.45) is 0 Å². The van der Waals surface area contributed by atoms with E-state index in [1.807, 2.05) is 0 Å². The summed E-state index contributed by atoms with van der Waals surface area (Å²) in [5, 5.41) is 32.0. The molecule has 0 saturated heterocycles. The number of phenols is 2. The Morgan fingerprint density at radius 2 is 1.83 bits per heavy atom. The molecule has 1 unspecified atom stereocenters. The van der Waals surface area contributed by atoms with Crippen LogP contribution in [0.15, 0.2) is 12.1 Å². The maximum absolute atomic E-state index is 11.5. The van der Waals surface area contributed by atoms with E-state index in [2.05, 4.69) is 5.32 Å². The van der Waals surface area contributed by atoms with E-state index in [1.165, 1.54) is 19.2 Å². The molecule has 0 saturated carbocycles. The van der Waals surface area contributed by atoms with Crippen LogP contribution in [0, 0.1) is 0 Å². The van der Waals surface area contributed by atoms with Crippen LogP contribution < -0.4 is 5.32 Å². The summed E-state index contributed by atoms with van der Waals surface area (Å²) in [5.74, 6) is -0.262. The number of ether oxygens (including phenoxy) is 2. The summed E-state index contributed by atoms with van der Waals surface area (Å²) in [5.41, 5.74) is 0.0553. The number of carbonyl (C=O) groups is 1. The number of aromatic hydroxyl groups is 2. The van der Waals surface area contributed by atoms with Crippen LogP contribution in [0.25, 0.3) is 0 Å². The molecule has 4 N–H and O–H groups in total. The standard InChI is InChI=1S/C16H25NO6/c1-16(2,3)23-15(21)17-7-5-6-11-12(18)8-10(9-13(11)19)14(20)22-4/h8-9,14,18-20H,5-7H2,1-4H3,(H,17,21). The van der Waals surface area contributed by atoms with Crippen LogP contribution in [0.2, 0.25) is 0 Å². The Kier molecular flexibility index (Phi) is 6.65. The van der Waals surface area contributed by atoms with Crippen LogP contribution in [-0.2, 0) is 15.9 Å². The van der Waals surface area contributed by atoms with Gasteiger partial charge in [0, 0.05) is 24.8 Å². The first-order chi connectivity index (χ1) is 10.6. The zero-order valence-corrected chi connectivity index (χ0v) is 13.9. The summed E-state index contributed by atoms with van der Waals surface area (Å²) in [6, 6.07) is 2.68. The molecular formula is C16H25NO6. The Balaban J connectivity index is 2.54. The monoisotopic (exact) mass is 327 g/mol. The number of benzene rings is 1. The number of aliphatic hydroxyl groups excluding tert-OH is 1. The third kappa shape index (κ3) is 6.33. The second kappa shape index (κ2) is 8.03. The fourth-order valence-corrected chi connectivity index (χ4v) is 1.97. The number of phenolic OH excluding ortho intramolecular Hbond substituents is 2. The van der Waals surface area contributed by atoms with Gasteiger partial charge < -0.3 is 30.1 Å². The Morgan fingerprint density at radius 1 is 1.26 bits per heavy atom. The van der Waals surface area contributed by atoms with E-state index in [0.29, 0.717) is 24.9 Å². The maximum atomic E-state index is 11.5. The molecule has 0 bridgehead atoms. The van der Waals surface area contributed by atoms with E-state index in [1.54, 1.807) is 20.8 Å². The Morgan fingerprint density at radius 3 is 2.30 bits per heavy atom. The van der Waals surface area contributed by atoms with Gasteiger partial charge in [-0.2, -0.15) is 0 Å². The summed E-state index contributed by atoms with van der Waals surface area (Å²) in [6.45, 7) is 5.67. The third-order valence-electron chi connectivity index (χ3n) is 3.01. The van der Waals surface area contributed by atoms with Gasteiger partial charge in [0.1, 0.15) is 17.1 Å². The van der Waals surface area contributed by atoms with E-state index >= 15 is 0 Å². The van der Waals surface area contributed by atoms with E-state index in [4.69, 9.17) is 9.47 Å². The molecular weight excluding hydrogens is 302 g/mol. The van der Waals surface area contributed by atoms with Gasteiger partial charge in [0.25, 0.3) is 0 Å². The first kappa shape index (κ1) is 19.1. The molecule has 0 aromatic heterocycles. The van der Waals surface area contributed by atoms with Gasteiger partial charge in [-0.15, -0.1) is 0 Å². The second-order valence-electron chi connectivity index (χ2n) is 6.16. The highest BCUT2D eigenvalue weighted by atomic mass is 16.6. The van der Waals surface area contributed by atoms with Crippen molar-refractivity contribution in [3.63, 3.8) is 0 Å². The van der Waals surface area contributed by atoms with Crippen molar-refractivity contribution >= 4 is 6.09 Å². The van der Waals surface area contributed by atoms with Crippen LogP contribution in [-0.4, -0.2) is 40.7 Å². The van der Waals surface area contributed by atoms with Gasteiger partial charge in [0.15, 0.2) is 6.29 Å². The lowest BCUT2D eigenvalue weighted by molar-refractivity contribution is -0.0771. The zero-order valence-electron chi connectivity index (χ0n) is 13.9. The fourth-order valence-electron chi connectivity index (χ4n) is 1.97. The fraction of sp³-hybridized carbons (Fsp3) is 0.562. The minimum Gasteiger partial charge on any atom is -0.508 e. The molecule has 0 radical (unpaired) electrons. The predicted molar refractivity (Wildman–Crippen MR) is 84.3 cm³/mol. The van der Waals surface area contributed by atoms with Crippen molar-refractivity contribution in [1.82, 2.24) is 5.32 Å². The van der Waals surface area contributed by atoms with Crippen LogP contribution in [0.1, 0.15) is 44.6 Å². The van der Waals surface area contributed by atoms with E-state index < -0.39 is 18.0 Å². The van der Waals surface area contributed by atoms with Crippen molar-refractivity contribution < 1.29 is 29.6 Å². The lowest BCUT2D eigenvalue weighted by Crippen LogP contribution is -2.33. The van der Waals surface area contributed by atoms with Crippen molar-refractivity contribution in [1.29, 1.82) is 0 Å². The topological polar surface area (TPSA) is 108 Å². The Labute approximate surface area is 135 Å². The highest BCUT2D eigenvalue weighted by molar-refractivity contribution is 5.67. The van der Waals surface area contributed by atoms with Crippen molar-refractivity contribution in [2.75, 3.05) is 13.7 Å². The number of amides is 1. The highest BCUT2D eigenvalue weighted by Crippen LogP contribution is 2.32. The van der Waals surface area contributed by atoms with Crippen molar-refractivity contribution in [2.45, 2.75) is 45.5 Å². The van der Waals surface area contributed by atoms with Gasteiger partial charge in [-0.1, -0.05) is 0 Å². The average Bonchev–Trinajstić information content (AvgIpc) is 2.42. The molecule has 0 aliphatic carbocycles. The number of rotatable bonds is 6. The molecule has 23 heavy (non-hydrogen) atoms. The lowest BCUT2D eigenvalue weighted by Gasteiger charge is -2.19. The number of alkyl carbamates (subject to hydrolysis) is 1. The van der Waals surface area contributed by atoms with Gasteiger partial charge in [-0.05, 0) is 45.7 Å². The summed E-state index contributed by atoms with van der Waals surface area (Å²) in [7, 11) is 1.31. The molecule has 7 nitrogen and oxygen atoms in total. The van der Waals surface area contributed by atoms with Crippen molar-refractivity contribution in [3.05, 3.63) is 23.3 Å². The Bertz CT molecular complexity index is 515. The lowest BCUT2D eigenvalue weighted by atomic mass is 10.0. The molecule has 1 atom stereocenters. The molecule has 0 fully saturated rings. The molecule has 1 aromatic rings. The number of nitrogens with one attached hydrogen (secondary N) is 1.